The third-order valence-electron chi connectivity index (χ3n) is 26.5. The molecule has 3 aliphatic rings. The van der Waals surface area contributed by atoms with E-state index in [1.165, 1.54) is 77.4 Å². The number of rotatable bonds is 15. The zero-order chi connectivity index (χ0) is 93.5. The monoisotopic (exact) mass is 1800 g/mol. The minimum Gasteiger partial charge on any atom is -0.308 e. The Balaban J connectivity index is 0.000000111. The Labute approximate surface area is 816 Å². The van der Waals surface area contributed by atoms with Crippen molar-refractivity contribution in [1.82, 2.24) is 44.9 Å². The van der Waals surface area contributed by atoms with Crippen molar-refractivity contribution in [3.8, 4) is 168 Å². The van der Waals surface area contributed by atoms with Gasteiger partial charge in [0.15, 0.2) is 17.5 Å². The van der Waals surface area contributed by atoms with Gasteiger partial charge >= 0.3 is 0 Å². The summed E-state index contributed by atoms with van der Waals surface area (Å²) in [6.07, 6.45) is 7.75. The van der Waals surface area contributed by atoms with Gasteiger partial charge in [-0.3, -0.25) is 14.8 Å². The van der Waals surface area contributed by atoms with E-state index in [0.29, 0.717) is 17.5 Å². The van der Waals surface area contributed by atoms with Crippen molar-refractivity contribution in [3.63, 3.8) is 0 Å². The predicted octanol–water partition coefficient (Wildman–Crippen LogP) is 33.4. The Kier molecular flexibility index (Phi) is 21.7. The summed E-state index contributed by atoms with van der Waals surface area (Å²) in [6, 6.07) is 169. The number of para-hydroxylation sites is 2. The first kappa shape index (κ1) is 83.6. The summed E-state index contributed by atoms with van der Waals surface area (Å²) >= 11 is 0. The maximum atomic E-state index is 5.10. The molecule has 6 aromatic heterocycles. The molecule has 0 atom stereocenters. The quantitative estimate of drug-likeness (QED) is 0.0970. The Hall–Kier alpha value is -19.2. The number of pyridine rings is 3. The molecule has 141 heavy (non-hydrogen) atoms. The van der Waals surface area contributed by atoms with E-state index in [1.807, 2.05) is 140 Å². The van der Waals surface area contributed by atoms with Gasteiger partial charge in [0.1, 0.15) is 11.6 Å². The molecule has 0 saturated carbocycles. The van der Waals surface area contributed by atoms with Crippen LogP contribution in [0.2, 0.25) is 0 Å². The van der Waals surface area contributed by atoms with Crippen LogP contribution in [0.25, 0.3) is 201 Å². The van der Waals surface area contributed by atoms with Crippen LogP contribution >= 0.6 is 0 Å². The standard InChI is InChI=1S/3C43H28N4/c1-4-13-29(14-5-1)34-25-32-19-11-23-40-41(32)37(27-34)36-22-12-24-44-43(36)47(40)35-21-10-20-33(26-35)42-45-38(30-15-6-2-7-16-30)28-39(46-42)31-17-8-3-9-18-31;1-4-13-29(14-5-1)33-23-34-27-44-28-41-42(34)37(25-33)36-21-10-11-22-40(36)47(41)35-20-12-19-32(24-35)43-45-38(30-15-6-2-7-16-30)26-39(46-43)31-17-8-3-9-18-31;1-4-13-29(14-5-1)34-25-32-23-24-44-43-41(32)37(27-34)36-21-10-11-22-40(36)47(43)35-20-12-19-33(26-35)42-45-38(30-15-6-2-7-16-30)28-39(46-42)31-17-8-3-9-18-31/h3*1-28H. The van der Waals surface area contributed by atoms with E-state index in [0.717, 1.165) is 157 Å². The molecule has 660 valence electrons. The van der Waals surface area contributed by atoms with E-state index in [1.54, 1.807) is 0 Å². The van der Waals surface area contributed by atoms with Crippen molar-refractivity contribution in [2.24, 2.45) is 0 Å². The number of aromatic nitrogens is 9. The molecule has 24 aromatic rings. The molecular formula is C129H84N12. The van der Waals surface area contributed by atoms with Crippen molar-refractivity contribution < 1.29 is 0 Å². The fourth-order valence-corrected chi connectivity index (χ4v) is 19.9. The first-order valence-electron chi connectivity index (χ1n) is 47.3. The van der Waals surface area contributed by atoms with E-state index in [-0.39, 0.29) is 0 Å². The molecule has 0 fully saturated rings. The second-order valence-corrected chi connectivity index (χ2v) is 35.2. The van der Waals surface area contributed by atoms with Crippen LogP contribution in [0.15, 0.2) is 510 Å². The highest BCUT2D eigenvalue weighted by atomic mass is 15.2. The molecule has 0 spiro atoms. The van der Waals surface area contributed by atoms with Gasteiger partial charge in [-0.15, -0.1) is 0 Å². The maximum absolute atomic E-state index is 5.10. The molecule has 12 heteroatoms. The average molecular weight is 1800 g/mol. The smallest absolute Gasteiger partial charge is 0.160 e. The first-order chi connectivity index (χ1) is 69.9. The summed E-state index contributed by atoms with van der Waals surface area (Å²) in [4.78, 5) is 52.2. The van der Waals surface area contributed by atoms with Crippen LogP contribution in [0.5, 0.6) is 0 Å². The summed E-state index contributed by atoms with van der Waals surface area (Å²) in [7, 11) is 0. The number of benzene rings is 18. The van der Waals surface area contributed by atoms with Crippen LogP contribution in [0.4, 0.5) is 51.4 Å². The van der Waals surface area contributed by atoms with Crippen molar-refractivity contribution in [2.75, 3.05) is 14.7 Å². The lowest BCUT2D eigenvalue weighted by Gasteiger charge is -2.33. The fraction of sp³-hybridized carbons (Fsp3) is 0. The van der Waals surface area contributed by atoms with Gasteiger partial charge in [-0.05, 0) is 188 Å². The van der Waals surface area contributed by atoms with Gasteiger partial charge in [-0.1, -0.05) is 358 Å². The average Bonchev–Trinajstić information content (AvgIpc) is 0.729. The highest BCUT2D eigenvalue weighted by Gasteiger charge is 2.33. The van der Waals surface area contributed by atoms with Gasteiger partial charge in [-0.25, -0.2) is 39.9 Å². The van der Waals surface area contributed by atoms with E-state index in [4.69, 9.17) is 44.9 Å². The van der Waals surface area contributed by atoms with Gasteiger partial charge in [0.2, 0.25) is 0 Å². The Morgan fingerprint density at radius 2 is 0.454 bits per heavy atom. The fourth-order valence-electron chi connectivity index (χ4n) is 19.9. The molecule has 0 radical (unpaired) electrons. The Morgan fingerprint density at radius 1 is 0.156 bits per heavy atom. The van der Waals surface area contributed by atoms with Crippen molar-refractivity contribution in [2.45, 2.75) is 0 Å². The molecule has 0 saturated heterocycles. The summed E-state index contributed by atoms with van der Waals surface area (Å²) in [5.41, 5.74) is 36.1. The predicted molar refractivity (Wildman–Crippen MR) is 578 cm³/mol. The molecule has 27 rings (SSSR count). The highest BCUT2D eigenvalue weighted by molar-refractivity contribution is 6.18. The van der Waals surface area contributed by atoms with Crippen LogP contribution in [0.1, 0.15) is 0 Å². The van der Waals surface area contributed by atoms with Gasteiger partial charge in [0.25, 0.3) is 0 Å². The molecule has 3 aliphatic heterocycles. The molecule has 0 amide bonds. The summed E-state index contributed by atoms with van der Waals surface area (Å²) in [6.45, 7) is 0. The molecule has 0 bridgehead atoms. The molecule has 9 heterocycles. The first-order valence-corrected chi connectivity index (χ1v) is 47.3. The van der Waals surface area contributed by atoms with Gasteiger partial charge in [0, 0.05) is 124 Å². The van der Waals surface area contributed by atoms with E-state index >= 15 is 0 Å². The maximum Gasteiger partial charge on any atom is 0.160 e. The molecule has 12 nitrogen and oxygen atoms in total. The highest BCUT2D eigenvalue weighted by Crippen LogP contribution is 2.56. The topological polar surface area (TPSA) is 126 Å². The second-order valence-electron chi connectivity index (χ2n) is 35.2. The number of hydrogen-bond donors (Lipinski definition) is 0. The lowest BCUT2D eigenvalue weighted by atomic mass is 9.89. The summed E-state index contributed by atoms with van der Waals surface area (Å²) < 4.78 is 0. The van der Waals surface area contributed by atoms with Crippen LogP contribution in [-0.2, 0) is 0 Å². The van der Waals surface area contributed by atoms with Crippen molar-refractivity contribution in [3.05, 3.63) is 510 Å². The normalized spacial score (nSPS) is 11.8. The summed E-state index contributed by atoms with van der Waals surface area (Å²) in [5, 5.41) is 7.02. The second kappa shape index (κ2) is 36.6. The minimum absolute atomic E-state index is 0.677. The van der Waals surface area contributed by atoms with E-state index in [2.05, 4.69) is 385 Å². The number of hydrogen-bond acceptors (Lipinski definition) is 12. The zero-order valence-electron chi connectivity index (χ0n) is 76.4. The van der Waals surface area contributed by atoms with Gasteiger partial charge in [-0.2, -0.15) is 0 Å². The van der Waals surface area contributed by atoms with E-state index in [9.17, 15) is 0 Å². The molecule has 0 aliphatic carbocycles. The number of fused-ring (bicyclic) bond motifs is 6. The molecular weight excluding hydrogens is 1720 g/mol. The van der Waals surface area contributed by atoms with Gasteiger partial charge < -0.3 is 4.90 Å². The SMILES string of the molecule is c1ccc(-c2cc3c4c(cccc4c2)N(c2cccc(-c4nc(-c5ccccc5)cc(-c5ccccc5)n4)c2)c2ncccc2-3)cc1.c1ccc(-c2cc3c4c(cncc4c2)N(c2cccc(-c4nc(-c5ccccc5)cc(-c5ccccc5)n4)c2)c2ccccc2-3)cc1.c1ccc(-c2cc3c4c(nccc4c2)N(c2cccc(-c4nc(-c5ccccc5)cc(-c5ccccc5)n4)c2)c2ccccc2-3)cc1. The van der Waals surface area contributed by atoms with Crippen molar-refractivity contribution >= 4 is 83.8 Å². The Morgan fingerprint density at radius 3 is 0.865 bits per heavy atom. The zero-order valence-corrected chi connectivity index (χ0v) is 76.4. The molecule has 0 N–H and O–H groups in total. The van der Waals surface area contributed by atoms with Crippen LogP contribution in [0.3, 0.4) is 0 Å². The number of nitrogens with zero attached hydrogens (tertiary/aromatic N) is 12. The lowest BCUT2D eigenvalue weighted by molar-refractivity contribution is 1.16. The molecule has 0 unspecified atom stereocenters. The van der Waals surface area contributed by atoms with E-state index < -0.39 is 0 Å². The minimum atomic E-state index is 0.677. The lowest BCUT2D eigenvalue weighted by Crippen LogP contribution is -2.16. The largest absolute Gasteiger partial charge is 0.308 e. The third kappa shape index (κ3) is 16.1. The van der Waals surface area contributed by atoms with Crippen molar-refractivity contribution in [1.29, 1.82) is 0 Å². The van der Waals surface area contributed by atoms with Crippen LogP contribution in [-0.4, -0.2) is 44.9 Å². The van der Waals surface area contributed by atoms with Crippen LogP contribution in [0, 0.1) is 0 Å². The summed E-state index contributed by atoms with van der Waals surface area (Å²) in [5.74, 6) is 3.85. The Bertz CT molecular complexity index is 7860. The van der Waals surface area contributed by atoms with Crippen LogP contribution < -0.4 is 14.7 Å². The van der Waals surface area contributed by atoms with Gasteiger partial charge in [0.05, 0.1) is 63.1 Å². The number of anilines is 9. The third-order valence-corrected chi connectivity index (χ3v) is 26.5. The molecule has 18 aromatic carbocycles.